The quantitative estimate of drug-likeness (QED) is 0.756. The summed E-state index contributed by atoms with van der Waals surface area (Å²) in [5.74, 6) is -0.739. The predicted molar refractivity (Wildman–Crippen MR) is 60.1 cm³/mol. The first-order chi connectivity index (χ1) is 7.41. The van der Waals surface area contributed by atoms with E-state index in [0.29, 0.717) is 6.54 Å². The van der Waals surface area contributed by atoms with Gasteiger partial charge in [-0.15, -0.1) is 0 Å². The highest BCUT2D eigenvalue weighted by Gasteiger charge is 2.31. The van der Waals surface area contributed by atoms with Gasteiger partial charge in [-0.25, -0.2) is 0 Å². The summed E-state index contributed by atoms with van der Waals surface area (Å²) in [4.78, 5) is 25.7. The number of nitrogens with zero attached hydrogens (tertiary/aromatic N) is 2. The maximum Gasteiger partial charge on any atom is 0.317 e. The fraction of sp³-hybridized carbons (Fsp3) is 0.818. The second-order valence-electron chi connectivity index (χ2n) is 4.57. The molecule has 0 spiro atoms. The summed E-state index contributed by atoms with van der Waals surface area (Å²) in [7, 11) is 0. The van der Waals surface area contributed by atoms with Crippen LogP contribution in [0, 0.1) is 0 Å². The first kappa shape index (κ1) is 13.0. The molecule has 1 atom stereocenters. The Morgan fingerprint density at radius 2 is 2.12 bits per heavy atom. The summed E-state index contributed by atoms with van der Waals surface area (Å²) in [5, 5.41) is 8.85. The Morgan fingerprint density at radius 3 is 2.50 bits per heavy atom. The summed E-state index contributed by atoms with van der Waals surface area (Å²) >= 11 is 0. The van der Waals surface area contributed by atoms with Crippen LogP contribution in [-0.4, -0.2) is 58.5 Å². The number of likely N-dealkylation sites (tertiary alicyclic amines) is 1. The molecule has 1 saturated heterocycles. The first-order valence-electron chi connectivity index (χ1n) is 5.65. The van der Waals surface area contributed by atoms with Crippen LogP contribution in [0.1, 0.15) is 27.2 Å². The molecule has 1 rings (SSSR count). The minimum Gasteiger partial charge on any atom is -0.480 e. The smallest absolute Gasteiger partial charge is 0.317 e. The summed E-state index contributed by atoms with van der Waals surface area (Å²) in [6, 6.07) is 0.369. The highest BCUT2D eigenvalue weighted by Crippen LogP contribution is 2.17. The zero-order chi connectivity index (χ0) is 12.3. The van der Waals surface area contributed by atoms with E-state index in [1.807, 2.05) is 18.7 Å². The molecule has 0 aromatic carbocycles. The maximum atomic E-state index is 11.2. The molecular weight excluding hydrogens is 208 g/mol. The van der Waals surface area contributed by atoms with Gasteiger partial charge in [0.05, 0.1) is 6.54 Å². The van der Waals surface area contributed by atoms with Crippen molar-refractivity contribution in [3.63, 3.8) is 0 Å². The van der Waals surface area contributed by atoms with Gasteiger partial charge < -0.3 is 10.0 Å². The Bertz CT molecular complexity index is 278. The van der Waals surface area contributed by atoms with Crippen molar-refractivity contribution in [1.82, 2.24) is 9.80 Å². The van der Waals surface area contributed by atoms with Gasteiger partial charge in [-0.05, 0) is 20.3 Å². The normalized spacial score (nSPS) is 20.8. The summed E-state index contributed by atoms with van der Waals surface area (Å²) < 4.78 is 0. The van der Waals surface area contributed by atoms with E-state index in [-0.39, 0.29) is 24.5 Å². The van der Waals surface area contributed by atoms with Gasteiger partial charge in [0.25, 0.3) is 0 Å². The van der Waals surface area contributed by atoms with Crippen molar-refractivity contribution in [1.29, 1.82) is 0 Å². The van der Waals surface area contributed by atoms with E-state index in [9.17, 15) is 9.59 Å². The molecule has 0 aliphatic carbocycles. The van der Waals surface area contributed by atoms with Gasteiger partial charge in [-0.2, -0.15) is 0 Å². The van der Waals surface area contributed by atoms with Gasteiger partial charge >= 0.3 is 5.97 Å². The Balaban J connectivity index is 2.60. The number of carboxylic acid groups (broad SMARTS) is 1. The molecule has 1 heterocycles. The van der Waals surface area contributed by atoms with Crippen molar-refractivity contribution in [2.75, 3.05) is 19.6 Å². The molecule has 92 valence electrons. The van der Waals surface area contributed by atoms with Gasteiger partial charge in [0.2, 0.25) is 5.91 Å². The molecule has 5 heteroatoms. The number of aliphatic carboxylic acids is 1. The lowest BCUT2D eigenvalue weighted by Crippen LogP contribution is -2.45. The van der Waals surface area contributed by atoms with E-state index < -0.39 is 5.97 Å². The lowest BCUT2D eigenvalue weighted by Gasteiger charge is -2.30. The minimum atomic E-state index is -0.810. The molecule has 0 unspecified atom stereocenters. The minimum absolute atomic E-state index is 0.0497. The lowest BCUT2D eigenvalue weighted by atomic mass is 10.1. The molecule has 0 aromatic heterocycles. The SMILES string of the molecule is CC(=O)N1CC[C@@H](N(CC(=O)O)C(C)C)C1. The Morgan fingerprint density at radius 1 is 1.50 bits per heavy atom. The van der Waals surface area contributed by atoms with Crippen molar-refractivity contribution < 1.29 is 14.7 Å². The maximum absolute atomic E-state index is 11.2. The van der Waals surface area contributed by atoms with E-state index in [2.05, 4.69) is 0 Å². The first-order valence-corrected chi connectivity index (χ1v) is 5.65. The Kier molecular flexibility index (Phi) is 4.29. The van der Waals surface area contributed by atoms with Crippen LogP contribution in [0.3, 0.4) is 0 Å². The molecule has 5 nitrogen and oxygen atoms in total. The van der Waals surface area contributed by atoms with Crippen LogP contribution in [0.5, 0.6) is 0 Å². The number of amides is 1. The van der Waals surface area contributed by atoms with Crippen molar-refractivity contribution in [2.45, 2.75) is 39.3 Å². The Labute approximate surface area is 96.0 Å². The average Bonchev–Trinajstić information content (AvgIpc) is 2.61. The van der Waals surface area contributed by atoms with Crippen LogP contribution in [0.4, 0.5) is 0 Å². The zero-order valence-electron chi connectivity index (χ0n) is 10.1. The third-order valence-corrected chi connectivity index (χ3v) is 3.06. The topological polar surface area (TPSA) is 60.9 Å². The van der Waals surface area contributed by atoms with Crippen LogP contribution in [0.25, 0.3) is 0 Å². The third kappa shape index (κ3) is 3.20. The lowest BCUT2D eigenvalue weighted by molar-refractivity contribution is -0.139. The molecular formula is C11H20N2O3. The van der Waals surface area contributed by atoms with Gasteiger partial charge in [0.1, 0.15) is 0 Å². The fourth-order valence-corrected chi connectivity index (χ4v) is 2.19. The molecule has 1 N–H and O–H groups in total. The van der Waals surface area contributed by atoms with Crippen LogP contribution in [-0.2, 0) is 9.59 Å². The summed E-state index contributed by atoms with van der Waals surface area (Å²) in [6.07, 6.45) is 0.866. The summed E-state index contributed by atoms with van der Waals surface area (Å²) in [5.41, 5.74) is 0. The van der Waals surface area contributed by atoms with Crippen LogP contribution in [0.2, 0.25) is 0 Å². The second kappa shape index (κ2) is 5.30. The second-order valence-corrected chi connectivity index (χ2v) is 4.57. The number of hydrogen-bond acceptors (Lipinski definition) is 3. The molecule has 16 heavy (non-hydrogen) atoms. The third-order valence-electron chi connectivity index (χ3n) is 3.06. The largest absolute Gasteiger partial charge is 0.480 e. The van der Waals surface area contributed by atoms with Crippen molar-refractivity contribution in [3.05, 3.63) is 0 Å². The van der Waals surface area contributed by atoms with E-state index >= 15 is 0 Å². The van der Waals surface area contributed by atoms with Crippen molar-refractivity contribution >= 4 is 11.9 Å². The number of carboxylic acids is 1. The Hall–Kier alpha value is -1.10. The van der Waals surface area contributed by atoms with Crippen LogP contribution >= 0.6 is 0 Å². The highest BCUT2D eigenvalue weighted by molar-refractivity contribution is 5.73. The van der Waals surface area contributed by atoms with E-state index in [1.54, 1.807) is 11.8 Å². The molecule has 0 radical (unpaired) electrons. The molecule has 1 fully saturated rings. The number of carbonyl (C=O) groups excluding carboxylic acids is 1. The highest BCUT2D eigenvalue weighted by atomic mass is 16.4. The number of hydrogen-bond donors (Lipinski definition) is 1. The fourth-order valence-electron chi connectivity index (χ4n) is 2.19. The van der Waals surface area contributed by atoms with Crippen LogP contribution < -0.4 is 0 Å². The molecule has 1 aliphatic rings. The predicted octanol–water partition coefficient (Wildman–Crippen LogP) is 0.402. The monoisotopic (exact) mass is 228 g/mol. The van der Waals surface area contributed by atoms with Crippen LogP contribution in [0.15, 0.2) is 0 Å². The van der Waals surface area contributed by atoms with Gasteiger partial charge in [-0.1, -0.05) is 0 Å². The van der Waals surface area contributed by atoms with Gasteiger partial charge in [0.15, 0.2) is 0 Å². The van der Waals surface area contributed by atoms with E-state index in [4.69, 9.17) is 5.11 Å². The van der Waals surface area contributed by atoms with Gasteiger partial charge in [0, 0.05) is 32.1 Å². The molecule has 1 amide bonds. The van der Waals surface area contributed by atoms with Gasteiger partial charge in [-0.3, -0.25) is 14.5 Å². The molecule has 0 aromatic rings. The zero-order valence-corrected chi connectivity index (χ0v) is 10.1. The van der Waals surface area contributed by atoms with E-state index in [1.165, 1.54) is 0 Å². The number of carbonyl (C=O) groups is 2. The van der Waals surface area contributed by atoms with Crippen molar-refractivity contribution in [3.8, 4) is 0 Å². The molecule has 0 bridgehead atoms. The molecule has 0 saturated carbocycles. The standard InChI is InChI=1S/C11H20N2O3/c1-8(2)13(7-11(15)16)10-4-5-12(6-10)9(3)14/h8,10H,4-7H2,1-3H3,(H,15,16)/t10-/m1/s1. The van der Waals surface area contributed by atoms with Crippen molar-refractivity contribution in [2.24, 2.45) is 0 Å². The average molecular weight is 228 g/mol. The van der Waals surface area contributed by atoms with E-state index in [0.717, 1.165) is 13.0 Å². The molecule has 1 aliphatic heterocycles. The number of rotatable bonds is 4. The summed E-state index contributed by atoms with van der Waals surface area (Å²) in [6.45, 7) is 6.97.